The van der Waals surface area contributed by atoms with Gasteiger partial charge < -0.3 is 10.5 Å². The van der Waals surface area contributed by atoms with E-state index >= 15 is 0 Å². The third-order valence-electron chi connectivity index (χ3n) is 2.94. The van der Waals surface area contributed by atoms with Crippen LogP contribution in [-0.4, -0.2) is 16.3 Å². The first-order valence-corrected chi connectivity index (χ1v) is 8.80. The third-order valence-corrected chi connectivity index (χ3v) is 4.21. The van der Waals surface area contributed by atoms with Gasteiger partial charge in [-0.3, -0.25) is 15.5 Å². The Hall–Kier alpha value is -2.04. The van der Waals surface area contributed by atoms with Crippen molar-refractivity contribution in [2.75, 3.05) is 0 Å². The Morgan fingerprint density at radius 2 is 1.92 bits per heavy atom. The highest BCUT2D eigenvalue weighted by atomic mass is 79.9. The van der Waals surface area contributed by atoms with Crippen molar-refractivity contribution in [1.82, 2.24) is 5.43 Å². The molecule has 0 heterocycles. The summed E-state index contributed by atoms with van der Waals surface area (Å²) in [5.41, 5.74) is 9.42. The Balaban J connectivity index is 2.08. The van der Waals surface area contributed by atoms with E-state index in [1.165, 1.54) is 12.1 Å². The molecule has 0 saturated heterocycles. The van der Waals surface area contributed by atoms with Crippen molar-refractivity contribution in [2.45, 2.75) is 6.61 Å². The van der Waals surface area contributed by atoms with Gasteiger partial charge in [-0.15, -0.1) is 0 Å². The monoisotopic (exact) mass is 486 g/mol. The minimum atomic E-state index is -0.440. The number of benzene rings is 2. The maximum Gasteiger partial charge on any atom is 0.269 e. The molecule has 0 radical (unpaired) electrons. The van der Waals surface area contributed by atoms with Crippen LogP contribution in [0.3, 0.4) is 0 Å². The molecule has 0 amide bonds. The molecule has 0 atom stereocenters. The molecule has 10 heteroatoms. The second kappa shape index (κ2) is 8.88. The van der Waals surface area contributed by atoms with Crippen molar-refractivity contribution in [3.05, 3.63) is 66.6 Å². The van der Waals surface area contributed by atoms with Crippen molar-refractivity contribution in [1.29, 1.82) is 0 Å². The fourth-order valence-electron chi connectivity index (χ4n) is 1.83. The summed E-state index contributed by atoms with van der Waals surface area (Å²) >= 11 is 11.6. The molecule has 0 bridgehead atoms. The molecule has 0 unspecified atom stereocenters. The van der Waals surface area contributed by atoms with E-state index in [2.05, 4.69) is 54.6 Å². The molecule has 0 spiro atoms. The highest BCUT2D eigenvalue weighted by molar-refractivity contribution is 9.11. The van der Waals surface area contributed by atoms with Crippen LogP contribution in [0.4, 0.5) is 5.69 Å². The fraction of sp³-hybridized carbons (Fsp3) is 0.0667. The molecule has 0 aliphatic carbocycles. The minimum absolute atomic E-state index is 0.0420. The van der Waals surface area contributed by atoms with Crippen LogP contribution in [-0.2, 0) is 6.61 Å². The van der Waals surface area contributed by atoms with Crippen LogP contribution in [0.5, 0.6) is 5.75 Å². The number of nitrogens with one attached hydrogen (secondary N) is 1. The average molecular weight is 488 g/mol. The highest BCUT2D eigenvalue weighted by Gasteiger charge is 2.10. The lowest BCUT2D eigenvalue weighted by Gasteiger charge is -2.11. The highest BCUT2D eigenvalue weighted by Crippen LogP contribution is 2.35. The topological polar surface area (TPSA) is 103 Å². The fourth-order valence-corrected chi connectivity index (χ4v) is 3.34. The molecule has 0 aliphatic rings. The summed E-state index contributed by atoms with van der Waals surface area (Å²) < 4.78 is 7.23. The molecular formula is C15H12Br2N4O3S. The van der Waals surface area contributed by atoms with E-state index in [1.54, 1.807) is 18.3 Å². The van der Waals surface area contributed by atoms with Gasteiger partial charge in [-0.25, -0.2) is 0 Å². The van der Waals surface area contributed by atoms with Crippen LogP contribution in [0.25, 0.3) is 0 Å². The number of thiocarbonyl (C=S) groups is 1. The number of nitrogens with zero attached hydrogens (tertiary/aromatic N) is 2. The summed E-state index contributed by atoms with van der Waals surface area (Å²) in [6, 6.07) is 9.83. The second-order valence-corrected chi connectivity index (χ2v) is 6.91. The number of non-ortho nitro benzene ring substituents is 1. The quantitative estimate of drug-likeness (QED) is 0.277. The number of nitro groups is 1. The molecule has 0 aromatic heterocycles. The number of hydrazone groups is 1. The van der Waals surface area contributed by atoms with Crippen LogP contribution in [0.1, 0.15) is 11.1 Å². The molecule has 2 aromatic rings. The zero-order chi connectivity index (χ0) is 18.4. The average Bonchev–Trinajstić information content (AvgIpc) is 2.54. The lowest BCUT2D eigenvalue weighted by atomic mass is 10.2. The van der Waals surface area contributed by atoms with Crippen LogP contribution in [0.15, 0.2) is 50.4 Å². The van der Waals surface area contributed by atoms with Gasteiger partial charge in [-0.05, 0) is 79.5 Å². The van der Waals surface area contributed by atoms with Crippen molar-refractivity contribution in [3.8, 4) is 5.75 Å². The number of hydrogen-bond donors (Lipinski definition) is 2. The summed E-state index contributed by atoms with van der Waals surface area (Å²) in [4.78, 5) is 10.2. The molecular weight excluding hydrogens is 476 g/mol. The molecule has 0 saturated carbocycles. The van der Waals surface area contributed by atoms with E-state index in [-0.39, 0.29) is 17.4 Å². The van der Waals surface area contributed by atoms with E-state index in [9.17, 15) is 10.1 Å². The second-order valence-electron chi connectivity index (χ2n) is 4.76. The normalized spacial score (nSPS) is 10.6. The maximum absolute atomic E-state index is 10.7. The SMILES string of the molecule is NC(=S)N/N=C\c1cc(Br)c(OCc2ccc([N+](=O)[O-])cc2)c(Br)c1. The third kappa shape index (κ3) is 5.76. The van der Waals surface area contributed by atoms with Gasteiger partial charge in [-0.1, -0.05) is 0 Å². The lowest BCUT2D eigenvalue weighted by Crippen LogP contribution is -2.23. The summed E-state index contributed by atoms with van der Waals surface area (Å²) in [6.07, 6.45) is 1.56. The predicted molar refractivity (Wildman–Crippen MR) is 107 cm³/mol. The summed E-state index contributed by atoms with van der Waals surface area (Å²) in [5, 5.41) is 14.6. The summed E-state index contributed by atoms with van der Waals surface area (Å²) in [7, 11) is 0. The minimum Gasteiger partial charge on any atom is -0.487 e. The first-order valence-electron chi connectivity index (χ1n) is 6.80. The zero-order valence-corrected chi connectivity index (χ0v) is 16.6. The van der Waals surface area contributed by atoms with E-state index in [1.807, 2.05) is 12.1 Å². The maximum atomic E-state index is 10.7. The number of nitrogens with two attached hydrogens (primary N) is 1. The van der Waals surface area contributed by atoms with Gasteiger partial charge in [-0.2, -0.15) is 5.10 Å². The lowest BCUT2D eigenvalue weighted by molar-refractivity contribution is -0.384. The van der Waals surface area contributed by atoms with Crippen LogP contribution in [0.2, 0.25) is 0 Å². The van der Waals surface area contributed by atoms with E-state index in [0.717, 1.165) is 20.1 Å². The Morgan fingerprint density at radius 1 is 1.32 bits per heavy atom. The largest absolute Gasteiger partial charge is 0.487 e. The number of nitro benzene ring substituents is 1. The predicted octanol–water partition coefficient (Wildman–Crippen LogP) is 3.87. The smallest absolute Gasteiger partial charge is 0.269 e. The van der Waals surface area contributed by atoms with Crippen LogP contribution >= 0.6 is 44.1 Å². The van der Waals surface area contributed by atoms with E-state index in [4.69, 9.17) is 10.5 Å². The van der Waals surface area contributed by atoms with Gasteiger partial charge in [0.1, 0.15) is 12.4 Å². The van der Waals surface area contributed by atoms with Crippen LogP contribution in [0, 0.1) is 10.1 Å². The molecule has 3 N–H and O–H groups in total. The molecule has 130 valence electrons. The van der Waals surface area contributed by atoms with Crippen molar-refractivity contribution in [2.24, 2.45) is 10.8 Å². The molecule has 7 nitrogen and oxygen atoms in total. The number of halogens is 2. The summed E-state index contributed by atoms with van der Waals surface area (Å²) in [6.45, 7) is 0.269. The zero-order valence-electron chi connectivity index (χ0n) is 12.6. The van der Waals surface area contributed by atoms with Crippen molar-refractivity contribution in [3.63, 3.8) is 0 Å². The van der Waals surface area contributed by atoms with Gasteiger partial charge in [0.05, 0.1) is 20.1 Å². The van der Waals surface area contributed by atoms with Gasteiger partial charge in [0.2, 0.25) is 0 Å². The van der Waals surface area contributed by atoms with Gasteiger partial charge in [0.15, 0.2) is 5.11 Å². The molecule has 2 rings (SSSR count). The van der Waals surface area contributed by atoms with Crippen LogP contribution < -0.4 is 15.9 Å². The summed E-state index contributed by atoms with van der Waals surface area (Å²) in [5.74, 6) is 0.609. The number of hydrogen-bond acceptors (Lipinski definition) is 5. The first kappa shape index (κ1) is 19.3. The van der Waals surface area contributed by atoms with Crippen molar-refractivity contribution < 1.29 is 9.66 Å². The molecule has 0 aliphatic heterocycles. The van der Waals surface area contributed by atoms with Gasteiger partial charge in [0, 0.05) is 12.1 Å². The Labute approximate surface area is 165 Å². The molecule has 0 fully saturated rings. The van der Waals surface area contributed by atoms with E-state index < -0.39 is 4.92 Å². The standard InChI is InChI=1S/C15H12Br2N4O3S/c16-12-5-10(7-19-20-15(18)25)6-13(17)14(12)24-8-9-1-3-11(4-2-9)21(22)23/h1-7H,8H2,(H3,18,20,25)/b19-7-. The molecule has 25 heavy (non-hydrogen) atoms. The van der Waals surface area contributed by atoms with Crippen molar-refractivity contribution >= 4 is 61.1 Å². The molecule has 2 aromatic carbocycles. The first-order chi connectivity index (χ1) is 11.9. The number of ether oxygens (including phenoxy) is 1. The number of rotatable bonds is 6. The Morgan fingerprint density at radius 3 is 2.44 bits per heavy atom. The Bertz CT molecular complexity index is 805. The van der Waals surface area contributed by atoms with Gasteiger partial charge in [0.25, 0.3) is 5.69 Å². The van der Waals surface area contributed by atoms with Gasteiger partial charge >= 0.3 is 0 Å². The Kier molecular flexibility index (Phi) is 6.85. The van der Waals surface area contributed by atoms with E-state index in [0.29, 0.717) is 5.75 Å².